The number of imide groups is 1. The van der Waals surface area contributed by atoms with Crippen LogP contribution in [0.4, 0.5) is 10.5 Å². The van der Waals surface area contributed by atoms with Crippen molar-refractivity contribution in [2.75, 3.05) is 0 Å². The van der Waals surface area contributed by atoms with Crippen LogP contribution in [0.25, 0.3) is 0 Å². The van der Waals surface area contributed by atoms with Gasteiger partial charge < -0.3 is 0 Å². The molecule has 10 heteroatoms. The summed E-state index contributed by atoms with van der Waals surface area (Å²) in [5.74, 6) is -1.32. The molecular formula is C19H19ClN4O5. The lowest BCUT2D eigenvalue weighted by Crippen LogP contribution is -2.59. The fourth-order valence-corrected chi connectivity index (χ4v) is 2.38. The maximum Gasteiger partial charge on any atom is 0.343 e. The summed E-state index contributed by atoms with van der Waals surface area (Å²) in [7, 11) is 0. The van der Waals surface area contributed by atoms with E-state index in [9.17, 15) is 24.5 Å². The topological polar surface area (TPSA) is 122 Å². The average Bonchev–Trinajstić information content (AvgIpc) is 2.65. The molecular weight excluding hydrogens is 400 g/mol. The Balaban J connectivity index is 2.15. The number of hydrogen-bond acceptors (Lipinski definition) is 5. The van der Waals surface area contributed by atoms with Gasteiger partial charge in [0.2, 0.25) is 0 Å². The zero-order valence-corrected chi connectivity index (χ0v) is 16.7. The molecule has 0 aromatic heterocycles. The summed E-state index contributed by atoms with van der Waals surface area (Å²) in [5.41, 5.74) is 1.72. The van der Waals surface area contributed by atoms with E-state index >= 15 is 0 Å². The molecule has 2 rings (SSSR count). The quantitative estimate of drug-likeness (QED) is 0.583. The number of benzene rings is 2. The largest absolute Gasteiger partial charge is 0.343 e. The van der Waals surface area contributed by atoms with Crippen molar-refractivity contribution in [3.05, 3.63) is 74.8 Å². The maximum absolute atomic E-state index is 12.6. The van der Waals surface area contributed by atoms with E-state index in [2.05, 4.69) is 10.7 Å². The number of carbonyl (C=O) groups is 3. The number of nitrogens with zero attached hydrogens (tertiary/aromatic N) is 2. The van der Waals surface area contributed by atoms with Crippen molar-refractivity contribution in [1.82, 2.24) is 15.8 Å². The molecule has 2 aromatic carbocycles. The Hall–Kier alpha value is -3.46. The first-order chi connectivity index (χ1) is 13.5. The molecule has 4 amide bonds. The number of urea groups is 1. The van der Waals surface area contributed by atoms with Gasteiger partial charge in [-0.15, -0.1) is 0 Å². The summed E-state index contributed by atoms with van der Waals surface area (Å²) >= 11 is 5.78. The van der Waals surface area contributed by atoms with Crippen LogP contribution in [0.3, 0.4) is 0 Å². The molecule has 2 N–H and O–H groups in total. The SMILES string of the molecule is CC(C)(C)N(NC(=O)c1ccc([N+](=O)[O-])cc1)C(=O)NC(=O)c1ccc(Cl)cc1. The minimum absolute atomic E-state index is 0.113. The fraction of sp³-hybridized carbons (Fsp3) is 0.211. The van der Waals surface area contributed by atoms with Crippen LogP contribution in [-0.4, -0.2) is 33.3 Å². The molecule has 0 aliphatic carbocycles. The molecule has 0 fully saturated rings. The zero-order chi connectivity index (χ0) is 21.8. The summed E-state index contributed by atoms with van der Waals surface area (Å²) in [6, 6.07) is 10.0. The van der Waals surface area contributed by atoms with Gasteiger partial charge in [-0.3, -0.25) is 30.4 Å². The first-order valence-electron chi connectivity index (χ1n) is 8.45. The Bertz CT molecular complexity index is 937. The van der Waals surface area contributed by atoms with E-state index in [4.69, 9.17) is 11.6 Å². The number of nitro groups is 1. The van der Waals surface area contributed by atoms with Gasteiger partial charge in [0.1, 0.15) is 0 Å². The Morgan fingerprint density at radius 1 is 0.931 bits per heavy atom. The first kappa shape index (κ1) is 21.8. The molecule has 0 heterocycles. The third kappa shape index (κ3) is 5.76. The lowest BCUT2D eigenvalue weighted by molar-refractivity contribution is -0.384. The second-order valence-electron chi connectivity index (χ2n) is 7.02. The van der Waals surface area contributed by atoms with Gasteiger partial charge in [0, 0.05) is 28.3 Å². The predicted octanol–water partition coefficient (Wildman–Crippen LogP) is 3.54. The number of amides is 4. The van der Waals surface area contributed by atoms with Gasteiger partial charge in [-0.05, 0) is 57.2 Å². The smallest absolute Gasteiger partial charge is 0.272 e. The molecule has 0 saturated heterocycles. The van der Waals surface area contributed by atoms with Crippen molar-refractivity contribution in [1.29, 1.82) is 0 Å². The molecule has 0 unspecified atom stereocenters. The third-order valence-electron chi connectivity index (χ3n) is 3.75. The maximum atomic E-state index is 12.6. The monoisotopic (exact) mass is 418 g/mol. The molecule has 0 saturated carbocycles. The number of nitro benzene ring substituents is 1. The summed E-state index contributed by atoms with van der Waals surface area (Å²) < 4.78 is 0. The Morgan fingerprint density at radius 2 is 1.41 bits per heavy atom. The van der Waals surface area contributed by atoms with E-state index in [-0.39, 0.29) is 16.8 Å². The standard InChI is InChI=1S/C19H19ClN4O5/c1-19(2,3)23(18(27)21-16(25)12-4-8-14(20)9-5-12)22-17(26)13-6-10-15(11-7-13)24(28)29/h4-11H,1-3H3,(H,22,26)(H,21,25,27). The highest BCUT2D eigenvalue weighted by atomic mass is 35.5. The van der Waals surface area contributed by atoms with Crippen LogP contribution in [0.2, 0.25) is 5.02 Å². The van der Waals surface area contributed by atoms with E-state index in [1.807, 2.05) is 0 Å². The van der Waals surface area contributed by atoms with Gasteiger partial charge in [0.25, 0.3) is 17.5 Å². The van der Waals surface area contributed by atoms with Crippen LogP contribution in [0, 0.1) is 10.1 Å². The zero-order valence-electron chi connectivity index (χ0n) is 15.9. The normalized spacial score (nSPS) is 10.8. The number of rotatable bonds is 3. The molecule has 0 radical (unpaired) electrons. The summed E-state index contributed by atoms with van der Waals surface area (Å²) in [4.78, 5) is 47.5. The molecule has 0 aliphatic rings. The van der Waals surface area contributed by atoms with Gasteiger partial charge >= 0.3 is 6.03 Å². The number of halogens is 1. The number of hydrazine groups is 1. The van der Waals surface area contributed by atoms with E-state index < -0.39 is 28.3 Å². The molecule has 0 spiro atoms. The summed E-state index contributed by atoms with van der Waals surface area (Å²) in [5, 5.41) is 14.3. The number of hydrogen-bond donors (Lipinski definition) is 2. The van der Waals surface area contributed by atoms with Gasteiger partial charge in [-0.2, -0.15) is 0 Å². The second kappa shape index (κ2) is 8.70. The Morgan fingerprint density at radius 3 is 1.90 bits per heavy atom. The van der Waals surface area contributed by atoms with Crippen LogP contribution in [0.5, 0.6) is 0 Å². The van der Waals surface area contributed by atoms with Crippen molar-refractivity contribution in [2.24, 2.45) is 0 Å². The van der Waals surface area contributed by atoms with Gasteiger partial charge in [0.05, 0.1) is 10.5 Å². The average molecular weight is 419 g/mol. The fourth-order valence-electron chi connectivity index (χ4n) is 2.25. The van der Waals surface area contributed by atoms with Crippen molar-refractivity contribution < 1.29 is 19.3 Å². The highest BCUT2D eigenvalue weighted by Gasteiger charge is 2.30. The van der Waals surface area contributed by atoms with Crippen LogP contribution >= 0.6 is 11.6 Å². The third-order valence-corrected chi connectivity index (χ3v) is 4.01. The van der Waals surface area contributed by atoms with E-state index in [1.165, 1.54) is 48.5 Å². The summed E-state index contributed by atoms with van der Waals surface area (Å²) in [6.45, 7) is 4.99. The van der Waals surface area contributed by atoms with Crippen molar-refractivity contribution in [2.45, 2.75) is 26.3 Å². The van der Waals surface area contributed by atoms with Crippen LogP contribution in [-0.2, 0) is 0 Å². The van der Waals surface area contributed by atoms with Crippen LogP contribution in [0.15, 0.2) is 48.5 Å². The van der Waals surface area contributed by atoms with E-state index in [1.54, 1.807) is 20.8 Å². The Kier molecular flexibility index (Phi) is 6.55. The highest BCUT2D eigenvalue weighted by Crippen LogP contribution is 2.15. The molecule has 29 heavy (non-hydrogen) atoms. The Labute approximate surface area is 171 Å². The molecule has 0 aliphatic heterocycles. The minimum Gasteiger partial charge on any atom is -0.272 e. The van der Waals surface area contributed by atoms with Gasteiger partial charge in [-0.1, -0.05) is 11.6 Å². The molecule has 0 bridgehead atoms. The highest BCUT2D eigenvalue weighted by molar-refractivity contribution is 6.30. The van der Waals surface area contributed by atoms with Gasteiger partial charge in [0.15, 0.2) is 0 Å². The van der Waals surface area contributed by atoms with Crippen LogP contribution in [0.1, 0.15) is 41.5 Å². The van der Waals surface area contributed by atoms with Gasteiger partial charge in [-0.25, -0.2) is 9.80 Å². The molecule has 0 atom stereocenters. The molecule has 152 valence electrons. The number of carbonyl (C=O) groups excluding carboxylic acids is 3. The first-order valence-corrected chi connectivity index (χ1v) is 8.83. The van der Waals surface area contributed by atoms with E-state index in [0.29, 0.717) is 5.02 Å². The number of nitrogens with one attached hydrogen (secondary N) is 2. The lowest BCUT2D eigenvalue weighted by atomic mass is 10.1. The molecule has 2 aromatic rings. The van der Waals surface area contributed by atoms with Crippen LogP contribution < -0.4 is 10.7 Å². The van der Waals surface area contributed by atoms with Crippen molar-refractivity contribution in [3.63, 3.8) is 0 Å². The second-order valence-corrected chi connectivity index (χ2v) is 7.45. The minimum atomic E-state index is -0.874. The van der Waals surface area contributed by atoms with Crippen molar-refractivity contribution in [3.8, 4) is 0 Å². The predicted molar refractivity (Wildman–Crippen MR) is 106 cm³/mol. The van der Waals surface area contributed by atoms with E-state index in [0.717, 1.165) is 5.01 Å². The van der Waals surface area contributed by atoms with Crippen molar-refractivity contribution >= 4 is 35.1 Å². The lowest BCUT2D eigenvalue weighted by Gasteiger charge is -2.35. The molecule has 9 nitrogen and oxygen atoms in total. The summed E-state index contributed by atoms with van der Waals surface area (Å²) in [6.07, 6.45) is 0. The number of non-ortho nitro benzene ring substituents is 1.